The Morgan fingerprint density at radius 1 is 1.26 bits per heavy atom. The standard InChI is InChI=1S/C16H19BrF3NO2/c1-10(2)23-9-13-7-11-3-5-21(15(22)16(18,19)20)6-4-12(11)8-14(13)17/h7-8,10H,3-6,9H2,1-2H3. The van der Waals surface area contributed by atoms with E-state index in [9.17, 15) is 18.0 Å². The van der Waals surface area contributed by atoms with Gasteiger partial charge in [-0.15, -0.1) is 0 Å². The Kier molecular flexibility index (Phi) is 5.73. The predicted octanol–water partition coefficient (Wildman–Crippen LogP) is 3.86. The molecule has 0 N–H and O–H groups in total. The quantitative estimate of drug-likeness (QED) is 0.779. The molecule has 1 aromatic rings. The lowest BCUT2D eigenvalue weighted by Gasteiger charge is -2.21. The molecule has 0 saturated carbocycles. The number of amides is 1. The van der Waals surface area contributed by atoms with Gasteiger partial charge in [-0.05, 0) is 49.4 Å². The number of fused-ring (bicyclic) bond motifs is 1. The van der Waals surface area contributed by atoms with Crippen LogP contribution >= 0.6 is 15.9 Å². The first-order valence-electron chi connectivity index (χ1n) is 7.46. The molecule has 0 spiro atoms. The summed E-state index contributed by atoms with van der Waals surface area (Å²) >= 11 is 3.49. The van der Waals surface area contributed by atoms with Crippen molar-refractivity contribution in [3.8, 4) is 0 Å². The van der Waals surface area contributed by atoms with E-state index in [4.69, 9.17) is 4.74 Å². The van der Waals surface area contributed by atoms with Gasteiger partial charge in [-0.3, -0.25) is 4.79 Å². The van der Waals surface area contributed by atoms with Crippen molar-refractivity contribution < 1.29 is 22.7 Å². The molecule has 0 aliphatic carbocycles. The third kappa shape index (κ3) is 4.70. The summed E-state index contributed by atoms with van der Waals surface area (Å²) in [5.74, 6) is -1.76. The zero-order valence-electron chi connectivity index (χ0n) is 13.0. The summed E-state index contributed by atoms with van der Waals surface area (Å²) in [5.41, 5.74) is 2.92. The highest BCUT2D eigenvalue weighted by Crippen LogP contribution is 2.27. The van der Waals surface area contributed by atoms with Crippen LogP contribution in [0.4, 0.5) is 13.2 Å². The fourth-order valence-electron chi connectivity index (χ4n) is 2.55. The minimum atomic E-state index is -4.81. The summed E-state index contributed by atoms with van der Waals surface area (Å²) < 4.78 is 44.2. The number of hydrogen-bond donors (Lipinski definition) is 0. The molecule has 3 nitrogen and oxygen atoms in total. The van der Waals surface area contributed by atoms with E-state index < -0.39 is 12.1 Å². The van der Waals surface area contributed by atoms with E-state index in [2.05, 4.69) is 15.9 Å². The van der Waals surface area contributed by atoms with E-state index in [0.717, 1.165) is 26.1 Å². The van der Waals surface area contributed by atoms with Crippen LogP contribution in [0, 0.1) is 0 Å². The van der Waals surface area contributed by atoms with Gasteiger partial charge >= 0.3 is 12.1 Å². The molecule has 0 saturated heterocycles. The number of rotatable bonds is 3. The predicted molar refractivity (Wildman–Crippen MR) is 84.1 cm³/mol. The van der Waals surface area contributed by atoms with Gasteiger partial charge in [0.25, 0.3) is 0 Å². The Bertz CT molecular complexity index is 587. The molecule has 1 aliphatic heterocycles. The SMILES string of the molecule is CC(C)OCc1cc2c(cc1Br)CCN(C(=O)C(F)(F)F)CC2. The fourth-order valence-corrected chi connectivity index (χ4v) is 3.05. The maximum Gasteiger partial charge on any atom is 0.471 e. The Hall–Kier alpha value is -1.08. The second-order valence-electron chi connectivity index (χ2n) is 5.86. The third-order valence-electron chi connectivity index (χ3n) is 3.77. The van der Waals surface area contributed by atoms with Crippen LogP contribution in [-0.4, -0.2) is 36.2 Å². The molecule has 1 amide bonds. The highest BCUT2D eigenvalue weighted by atomic mass is 79.9. The van der Waals surface area contributed by atoms with E-state index in [1.54, 1.807) is 0 Å². The van der Waals surface area contributed by atoms with E-state index in [0.29, 0.717) is 19.4 Å². The summed E-state index contributed by atoms with van der Waals surface area (Å²) in [5, 5.41) is 0. The van der Waals surface area contributed by atoms with Gasteiger partial charge in [0, 0.05) is 17.6 Å². The Morgan fingerprint density at radius 3 is 2.35 bits per heavy atom. The highest BCUT2D eigenvalue weighted by Gasteiger charge is 2.42. The molecular weight excluding hydrogens is 375 g/mol. The number of carbonyl (C=O) groups is 1. The first-order valence-corrected chi connectivity index (χ1v) is 8.25. The summed E-state index contributed by atoms with van der Waals surface area (Å²) in [6.07, 6.45) is -3.88. The van der Waals surface area contributed by atoms with Gasteiger partial charge in [-0.2, -0.15) is 13.2 Å². The van der Waals surface area contributed by atoms with Crippen molar-refractivity contribution in [1.82, 2.24) is 4.90 Å². The van der Waals surface area contributed by atoms with Gasteiger partial charge in [0.05, 0.1) is 12.7 Å². The van der Waals surface area contributed by atoms with Crippen LogP contribution in [0.1, 0.15) is 30.5 Å². The number of alkyl halides is 3. The first kappa shape index (κ1) is 18.3. The molecule has 1 aliphatic rings. The van der Waals surface area contributed by atoms with Crippen LogP contribution in [0.2, 0.25) is 0 Å². The number of halogens is 4. The van der Waals surface area contributed by atoms with Crippen molar-refractivity contribution in [2.24, 2.45) is 0 Å². The monoisotopic (exact) mass is 393 g/mol. The van der Waals surface area contributed by atoms with Gasteiger partial charge in [-0.25, -0.2) is 0 Å². The lowest BCUT2D eigenvalue weighted by molar-refractivity contribution is -0.185. The summed E-state index contributed by atoms with van der Waals surface area (Å²) in [4.78, 5) is 12.3. The molecule has 1 aromatic carbocycles. The second kappa shape index (κ2) is 7.21. The first-order chi connectivity index (χ1) is 10.7. The molecule has 23 heavy (non-hydrogen) atoms. The van der Waals surface area contributed by atoms with Crippen LogP contribution in [-0.2, 0) is 29.0 Å². The van der Waals surface area contributed by atoms with Crippen molar-refractivity contribution in [3.63, 3.8) is 0 Å². The van der Waals surface area contributed by atoms with Crippen LogP contribution < -0.4 is 0 Å². The molecule has 128 valence electrons. The molecule has 2 rings (SSSR count). The van der Waals surface area contributed by atoms with Crippen molar-refractivity contribution in [2.75, 3.05) is 13.1 Å². The van der Waals surface area contributed by atoms with Crippen LogP contribution in [0.5, 0.6) is 0 Å². The van der Waals surface area contributed by atoms with E-state index in [-0.39, 0.29) is 19.2 Å². The van der Waals surface area contributed by atoms with Crippen molar-refractivity contribution in [2.45, 2.75) is 45.6 Å². The average molecular weight is 394 g/mol. The molecule has 7 heteroatoms. The maximum absolute atomic E-state index is 12.6. The molecular formula is C16H19BrF3NO2. The molecule has 0 radical (unpaired) electrons. The van der Waals surface area contributed by atoms with Crippen molar-refractivity contribution >= 4 is 21.8 Å². The number of benzene rings is 1. The normalized spacial score (nSPS) is 15.5. The zero-order valence-corrected chi connectivity index (χ0v) is 14.6. The lowest BCUT2D eigenvalue weighted by atomic mass is 10.0. The molecule has 0 bridgehead atoms. The Morgan fingerprint density at radius 2 is 1.83 bits per heavy atom. The number of ether oxygens (including phenoxy) is 1. The van der Waals surface area contributed by atoms with Crippen molar-refractivity contribution in [3.05, 3.63) is 33.3 Å². The lowest BCUT2D eigenvalue weighted by Crippen LogP contribution is -2.42. The highest BCUT2D eigenvalue weighted by molar-refractivity contribution is 9.10. The average Bonchev–Trinajstić information content (AvgIpc) is 2.65. The summed E-state index contributed by atoms with van der Waals surface area (Å²) in [6, 6.07) is 3.89. The second-order valence-corrected chi connectivity index (χ2v) is 6.72. The fraction of sp³-hybridized carbons (Fsp3) is 0.562. The van der Waals surface area contributed by atoms with Crippen LogP contribution in [0.3, 0.4) is 0 Å². The van der Waals surface area contributed by atoms with E-state index in [1.165, 1.54) is 0 Å². The molecule has 0 unspecified atom stereocenters. The van der Waals surface area contributed by atoms with Gasteiger partial charge in [0.2, 0.25) is 0 Å². The molecule has 0 atom stereocenters. The van der Waals surface area contributed by atoms with Crippen LogP contribution in [0.25, 0.3) is 0 Å². The Labute approximate surface area is 141 Å². The number of carbonyl (C=O) groups excluding carboxylic acids is 1. The Balaban J connectivity index is 2.15. The third-order valence-corrected chi connectivity index (χ3v) is 4.51. The van der Waals surface area contributed by atoms with Gasteiger partial charge in [0.15, 0.2) is 0 Å². The number of nitrogens with zero attached hydrogens (tertiary/aromatic N) is 1. The molecule has 0 aromatic heterocycles. The van der Waals surface area contributed by atoms with E-state index in [1.807, 2.05) is 26.0 Å². The van der Waals surface area contributed by atoms with Gasteiger partial charge in [-0.1, -0.05) is 22.0 Å². The van der Waals surface area contributed by atoms with Gasteiger partial charge in [0.1, 0.15) is 0 Å². The maximum atomic E-state index is 12.6. The molecule has 0 fully saturated rings. The van der Waals surface area contributed by atoms with E-state index >= 15 is 0 Å². The van der Waals surface area contributed by atoms with Crippen molar-refractivity contribution in [1.29, 1.82) is 0 Å². The topological polar surface area (TPSA) is 29.5 Å². The minimum Gasteiger partial charge on any atom is -0.374 e. The van der Waals surface area contributed by atoms with Crippen LogP contribution in [0.15, 0.2) is 16.6 Å². The largest absolute Gasteiger partial charge is 0.471 e. The smallest absolute Gasteiger partial charge is 0.374 e. The van der Waals surface area contributed by atoms with Gasteiger partial charge < -0.3 is 9.64 Å². The molecule has 1 heterocycles. The minimum absolute atomic E-state index is 0.0808. The number of hydrogen-bond acceptors (Lipinski definition) is 2. The summed E-state index contributed by atoms with van der Waals surface area (Å²) in [6.45, 7) is 4.49. The zero-order chi connectivity index (χ0) is 17.2. The summed E-state index contributed by atoms with van der Waals surface area (Å²) in [7, 11) is 0.